The maximum atomic E-state index is 12.2. The summed E-state index contributed by atoms with van der Waals surface area (Å²) < 4.78 is 26.9. The van der Waals surface area contributed by atoms with Crippen molar-refractivity contribution < 1.29 is 8.42 Å². The minimum Gasteiger partial charge on any atom is -0.370 e. The van der Waals surface area contributed by atoms with Gasteiger partial charge >= 0.3 is 0 Å². The molecule has 0 bridgehead atoms. The number of anilines is 2. The summed E-state index contributed by atoms with van der Waals surface area (Å²) in [4.78, 5) is 4.20. The third-order valence-electron chi connectivity index (χ3n) is 2.70. The normalized spacial score (nSPS) is 11.1. The lowest BCUT2D eigenvalue weighted by Gasteiger charge is -2.09. The van der Waals surface area contributed by atoms with E-state index in [1.807, 2.05) is 6.92 Å². The molecule has 2 rings (SSSR count). The fourth-order valence-corrected chi connectivity index (χ4v) is 2.76. The highest BCUT2D eigenvalue weighted by Gasteiger charge is 2.14. The largest absolute Gasteiger partial charge is 0.370 e. The second kappa shape index (κ2) is 6.78. The molecule has 0 radical (unpaired) electrons. The van der Waals surface area contributed by atoms with Gasteiger partial charge in [-0.25, -0.2) is 13.4 Å². The Hall–Kier alpha value is -1.79. The van der Waals surface area contributed by atoms with Crippen LogP contribution in [0, 0.1) is 0 Å². The van der Waals surface area contributed by atoms with Crippen molar-refractivity contribution in [2.75, 3.05) is 16.6 Å². The molecule has 0 fully saturated rings. The molecule has 2 N–H and O–H groups in total. The summed E-state index contributed by atoms with van der Waals surface area (Å²) in [5.74, 6) is 0.655. The van der Waals surface area contributed by atoms with Crippen LogP contribution in [0.5, 0.6) is 0 Å². The molecule has 0 spiro atoms. The van der Waals surface area contributed by atoms with Crippen LogP contribution in [0.1, 0.15) is 13.3 Å². The van der Waals surface area contributed by atoms with Gasteiger partial charge in [0.05, 0.1) is 0 Å². The molecule has 112 valence electrons. The van der Waals surface area contributed by atoms with Gasteiger partial charge in [-0.05, 0) is 42.8 Å². The number of pyridine rings is 1. The first kappa shape index (κ1) is 15.6. The Kier molecular flexibility index (Phi) is 5.03. The zero-order valence-electron chi connectivity index (χ0n) is 11.5. The van der Waals surface area contributed by atoms with Gasteiger partial charge in [0, 0.05) is 23.5 Å². The van der Waals surface area contributed by atoms with E-state index in [0.29, 0.717) is 16.5 Å². The molecule has 1 aromatic carbocycles. The zero-order chi connectivity index (χ0) is 15.3. The predicted molar refractivity (Wildman–Crippen MR) is 85.3 cm³/mol. The molecular formula is C14H16ClN3O2S. The van der Waals surface area contributed by atoms with Gasteiger partial charge in [-0.15, -0.1) is 0 Å². The van der Waals surface area contributed by atoms with Crippen molar-refractivity contribution in [3.8, 4) is 0 Å². The number of nitrogens with one attached hydrogen (secondary N) is 2. The summed E-state index contributed by atoms with van der Waals surface area (Å²) in [6.07, 6.45) is 2.30. The molecule has 0 aliphatic rings. The molecule has 0 atom stereocenters. The van der Waals surface area contributed by atoms with Crippen molar-refractivity contribution in [1.29, 1.82) is 0 Å². The van der Waals surface area contributed by atoms with Crippen LogP contribution in [-0.4, -0.2) is 19.9 Å². The molecule has 21 heavy (non-hydrogen) atoms. The minimum atomic E-state index is -3.65. The van der Waals surface area contributed by atoms with Crippen molar-refractivity contribution in [2.24, 2.45) is 0 Å². The molecule has 1 aromatic heterocycles. The lowest BCUT2D eigenvalue weighted by Crippen LogP contribution is -2.13. The first-order chi connectivity index (χ1) is 10.0. The maximum absolute atomic E-state index is 12.2. The van der Waals surface area contributed by atoms with E-state index < -0.39 is 10.0 Å². The number of halogens is 1. The summed E-state index contributed by atoms with van der Waals surface area (Å²) in [6, 6.07) is 9.61. The van der Waals surface area contributed by atoms with Crippen LogP contribution in [-0.2, 0) is 10.0 Å². The smallest absolute Gasteiger partial charge is 0.263 e. The number of hydrogen-bond acceptors (Lipinski definition) is 4. The van der Waals surface area contributed by atoms with E-state index in [1.54, 1.807) is 30.3 Å². The minimum absolute atomic E-state index is 0.111. The third-order valence-corrected chi connectivity index (χ3v) is 4.32. The van der Waals surface area contributed by atoms with Gasteiger partial charge in [0.1, 0.15) is 10.7 Å². The van der Waals surface area contributed by atoms with Gasteiger partial charge in [-0.2, -0.15) is 0 Å². The van der Waals surface area contributed by atoms with E-state index in [9.17, 15) is 8.42 Å². The molecule has 0 amide bonds. The number of rotatable bonds is 6. The van der Waals surface area contributed by atoms with Crippen LogP contribution in [0.4, 0.5) is 11.5 Å². The monoisotopic (exact) mass is 325 g/mol. The summed E-state index contributed by atoms with van der Waals surface area (Å²) >= 11 is 5.76. The number of benzene rings is 1. The number of hydrogen-bond donors (Lipinski definition) is 2. The average Bonchev–Trinajstić information content (AvgIpc) is 2.48. The average molecular weight is 326 g/mol. The van der Waals surface area contributed by atoms with Gasteiger partial charge in [0.25, 0.3) is 10.0 Å². The molecule has 0 aliphatic heterocycles. The Labute approximate surface area is 129 Å². The fraction of sp³-hybridized carbons (Fsp3) is 0.214. The molecule has 0 saturated carbocycles. The Morgan fingerprint density at radius 3 is 2.43 bits per heavy atom. The van der Waals surface area contributed by atoms with Crippen molar-refractivity contribution in [3.63, 3.8) is 0 Å². The maximum Gasteiger partial charge on any atom is 0.263 e. The van der Waals surface area contributed by atoms with E-state index in [0.717, 1.165) is 13.0 Å². The van der Waals surface area contributed by atoms with E-state index in [2.05, 4.69) is 15.0 Å². The molecule has 0 unspecified atom stereocenters. The Morgan fingerprint density at radius 2 is 1.86 bits per heavy atom. The lowest BCUT2D eigenvalue weighted by molar-refractivity contribution is 0.601. The standard InChI is InChI=1S/C14H16ClN3O2S/c1-2-9-16-14-8-7-13(10-17-14)21(19,20)18-12-5-3-11(15)4-6-12/h3-8,10,18H,2,9H2,1H3,(H,16,17). The van der Waals surface area contributed by atoms with Crippen LogP contribution in [0.15, 0.2) is 47.5 Å². The predicted octanol–water partition coefficient (Wildman–Crippen LogP) is 3.36. The van der Waals surface area contributed by atoms with Gasteiger partial charge < -0.3 is 5.32 Å². The van der Waals surface area contributed by atoms with Crippen LogP contribution in [0.3, 0.4) is 0 Å². The summed E-state index contributed by atoms with van der Waals surface area (Å²) in [7, 11) is -3.65. The van der Waals surface area contributed by atoms with Gasteiger partial charge in [0.2, 0.25) is 0 Å². The van der Waals surface area contributed by atoms with Crippen LogP contribution < -0.4 is 10.0 Å². The van der Waals surface area contributed by atoms with Crippen LogP contribution in [0.25, 0.3) is 0 Å². The van der Waals surface area contributed by atoms with Gasteiger partial charge in [-0.1, -0.05) is 18.5 Å². The molecule has 2 aromatic rings. The van der Waals surface area contributed by atoms with E-state index in [1.165, 1.54) is 12.3 Å². The third kappa shape index (κ3) is 4.34. The molecule has 7 heteroatoms. The Bertz CT molecular complexity index is 685. The van der Waals surface area contributed by atoms with Gasteiger partial charge in [-0.3, -0.25) is 4.72 Å². The van der Waals surface area contributed by atoms with E-state index >= 15 is 0 Å². The molecule has 0 aliphatic carbocycles. The second-order valence-electron chi connectivity index (χ2n) is 4.42. The lowest BCUT2D eigenvalue weighted by atomic mass is 10.3. The SMILES string of the molecule is CCCNc1ccc(S(=O)(=O)Nc2ccc(Cl)cc2)cn1. The summed E-state index contributed by atoms with van der Waals surface area (Å²) in [5, 5.41) is 3.64. The first-order valence-electron chi connectivity index (χ1n) is 6.49. The summed E-state index contributed by atoms with van der Waals surface area (Å²) in [5.41, 5.74) is 0.451. The quantitative estimate of drug-likeness (QED) is 0.854. The van der Waals surface area contributed by atoms with Crippen LogP contribution >= 0.6 is 11.6 Å². The van der Waals surface area contributed by atoms with E-state index in [-0.39, 0.29) is 4.90 Å². The number of aromatic nitrogens is 1. The zero-order valence-corrected chi connectivity index (χ0v) is 13.1. The van der Waals surface area contributed by atoms with Gasteiger partial charge in [0.15, 0.2) is 0 Å². The highest BCUT2D eigenvalue weighted by atomic mass is 35.5. The van der Waals surface area contributed by atoms with Crippen molar-refractivity contribution >= 4 is 33.1 Å². The molecule has 5 nitrogen and oxygen atoms in total. The Morgan fingerprint density at radius 1 is 1.14 bits per heavy atom. The Balaban J connectivity index is 2.13. The molecule has 1 heterocycles. The number of nitrogens with zero attached hydrogens (tertiary/aromatic N) is 1. The van der Waals surface area contributed by atoms with Crippen molar-refractivity contribution in [2.45, 2.75) is 18.2 Å². The molecular weight excluding hydrogens is 310 g/mol. The fourth-order valence-electron chi connectivity index (χ4n) is 1.63. The van der Waals surface area contributed by atoms with Crippen LogP contribution in [0.2, 0.25) is 5.02 Å². The van der Waals surface area contributed by atoms with E-state index in [4.69, 9.17) is 11.6 Å². The van der Waals surface area contributed by atoms with Crippen molar-refractivity contribution in [3.05, 3.63) is 47.6 Å². The summed E-state index contributed by atoms with van der Waals surface area (Å²) in [6.45, 7) is 2.84. The second-order valence-corrected chi connectivity index (χ2v) is 6.54. The van der Waals surface area contributed by atoms with Crippen molar-refractivity contribution in [1.82, 2.24) is 4.98 Å². The molecule has 0 saturated heterocycles. The number of sulfonamides is 1. The highest BCUT2D eigenvalue weighted by Crippen LogP contribution is 2.18. The topological polar surface area (TPSA) is 71.1 Å². The first-order valence-corrected chi connectivity index (χ1v) is 8.35. The highest BCUT2D eigenvalue weighted by molar-refractivity contribution is 7.92.